The smallest absolute Gasteiger partial charge is 0.270 e. The Kier molecular flexibility index (Phi) is 7.23. The predicted octanol–water partition coefficient (Wildman–Crippen LogP) is 4.90. The van der Waals surface area contributed by atoms with Gasteiger partial charge in [0, 0.05) is 62.1 Å². The molecular formula is C27H27ClN6O3. The van der Waals surface area contributed by atoms with Crippen LogP contribution in [0.25, 0.3) is 11.0 Å². The van der Waals surface area contributed by atoms with Crippen LogP contribution in [0.1, 0.15) is 29.8 Å². The van der Waals surface area contributed by atoms with Crippen LogP contribution in [-0.4, -0.2) is 50.9 Å². The van der Waals surface area contributed by atoms with Crippen molar-refractivity contribution in [2.24, 2.45) is 7.05 Å². The highest BCUT2D eigenvalue weighted by molar-refractivity contribution is 6.30. The fraction of sp³-hybridized carbons (Fsp3) is 0.259. The molecule has 10 heteroatoms. The third kappa shape index (κ3) is 5.83. The summed E-state index contributed by atoms with van der Waals surface area (Å²) in [5.74, 6) is 1.69. The first-order valence-electron chi connectivity index (χ1n) is 12.2. The van der Waals surface area contributed by atoms with E-state index in [9.17, 15) is 9.59 Å². The van der Waals surface area contributed by atoms with Gasteiger partial charge in [0.1, 0.15) is 17.2 Å². The number of imidazole rings is 1. The van der Waals surface area contributed by atoms with E-state index in [1.54, 1.807) is 18.3 Å². The van der Waals surface area contributed by atoms with Crippen LogP contribution in [0.5, 0.6) is 11.5 Å². The molecule has 1 fully saturated rings. The Morgan fingerprint density at radius 2 is 1.92 bits per heavy atom. The number of nitrogens with zero attached hydrogens (tertiary/aromatic N) is 4. The third-order valence-corrected chi connectivity index (χ3v) is 6.47. The van der Waals surface area contributed by atoms with Crippen molar-refractivity contribution in [3.8, 4) is 11.5 Å². The highest BCUT2D eigenvalue weighted by Gasteiger charge is 2.19. The number of amides is 2. The van der Waals surface area contributed by atoms with Gasteiger partial charge < -0.3 is 24.8 Å². The maximum Gasteiger partial charge on any atom is 0.270 e. The van der Waals surface area contributed by atoms with Crippen molar-refractivity contribution in [1.29, 1.82) is 0 Å². The van der Waals surface area contributed by atoms with Crippen LogP contribution in [0.4, 0.5) is 11.6 Å². The highest BCUT2D eigenvalue weighted by Crippen LogP contribution is 2.28. The number of hydrogen-bond donors (Lipinski definition) is 2. The van der Waals surface area contributed by atoms with E-state index in [4.69, 9.17) is 21.3 Å². The number of likely N-dealkylation sites (tertiary alicyclic amines) is 1. The Balaban J connectivity index is 1.21. The minimum atomic E-state index is -0.281. The van der Waals surface area contributed by atoms with Crippen LogP contribution in [0.2, 0.25) is 5.02 Å². The lowest BCUT2D eigenvalue weighted by molar-refractivity contribution is -0.127. The van der Waals surface area contributed by atoms with Crippen molar-refractivity contribution >= 4 is 46.1 Å². The number of halogens is 1. The predicted molar refractivity (Wildman–Crippen MR) is 143 cm³/mol. The summed E-state index contributed by atoms with van der Waals surface area (Å²) in [4.78, 5) is 34.9. The minimum Gasteiger partial charge on any atom is -0.457 e. The molecule has 0 spiro atoms. The molecule has 5 rings (SSSR count). The average Bonchev–Trinajstić information content (AvgIpc) is 3.45. The Bertz CT molecular complexity index is 1440. The lowest BCUT2D eigenvalue weighted by Crippen LogP contribution is -2.30. The van der Waals surface area contributed by atoms with Crippen LogP contribution < -0.4 is 15.4 Å². The van der Waals surface area contributed by atoms with Crippen LogP contribution in [0, 0.1) is 0 Å². The quantitative estimate of drug-likeness (QED) is 0.306. The van der Waals surface area contributed by atoms with Crippen molar-refractivity contribution in [2.75, 3.05) is 25.0 Å². The van der Waals surface area contributed by atoms with Gasteiger partial charge in [0.15, 0.2) is 0 Å². The minimum absolute atomic E-state index is 0.191. The van der Waals surface area contributed by atoms with Gasteiger partial charge in [-0.05, 0) is 55.3 Å². The molecule has 2 aromatic carbocycles. The summed E-state index contributed by atoms with van der Waals surface area (Å²) in [7, 11) is 1.94. The summed E-state index contributed by atoms with van der Waals surface area (Å²) < 4.78 is 7.97. The number of aromatic nitrogens is 3. The Hall–Kier alpha value is -4.11. The molecule has 0 radical (unpaired) electrons. The maximum absolute atomic E-state index is 12.6. The molecule has 0 atom stereocenters. The zero-order chi connectivity index (χ0) is 25.8. The van der Waals surface area contributed by atoms with E-state index in [1.165, 1.54) is 0 Å². The summed E-state index contributed by atoms with van der Waals surface area (Å²) in [6.07, 6.45) is 3.78. The van der Waals surface area contributed by atoms with E-state index >= 15 is 0 Å². The van der Waals surface area contributed by atoms with Gasteiger partial charge in [-0.3, -0.25) is 14.6 Å². The van der Waals surface area contributed by atoms with Crippen LogP contribution in [0.15, 0.2) is 60.8 Å². The molecule has 2 amide bonds. The normalized spacial score (nSPS) is 13.2. The van der Waals surface area contributed by atoms with E-state index in [0.29, 0.717) is 48.4 Å². The van der Waals surface area contributed by atoms with E-state index in [0.717, 1.165) is 29.7 Å². The van der Waals surface area contributed by atoms with Gasteiger partial charge in [-0.15, -0.1) is 0 Å². The monoisotopic (exact) mass is 518 g/mol. The molecule has 190 valence electrons. The van der Waals surface area contributed by atoms with Crippen molar-refractivity contribution in [3.05, 3.63) is 71.5 Å². The first-order valence-corrected chi connectivity index (χ1v) is 12.5. The molecule has 4 aromatic rings. The maximum atomic E-state index is 12.6. The number of aryl methyl sites for hydroxylation is 1. The number of carbonyl (C=O) groups is 2. The average molecular weight is 519 g/mol. The number of carbonyl (C=O) groups excluding carboxylic acids is 2. The summed E-state index contributed by atoms with van der Waals surface area (Å²) in [6.45, 7) is 1.93. The fourth-order valence-corrected chi connectivity index (χ4v) is 4.38. The molecule has 0 aliphatic carbocycles. The summed E-state index contributed by atoms with van der Waals surface area (Å²) in [6, 6.07) is 16.4. The van der Waals surface area contributed by atoms with Crippen LogP contribution >= 0.6 is 11.6 Å². The van der Waals surface area contributed by atoms with Gasteiger partial charge in [0.05, 0.1) is 11.0 Å². The van der Waals surface area contributed by atoms with Gasteiger partial charge in [-0.2, -0.15) is 0 Å². The third-order valence-electron chi connectivity index (χ3n) is 6.21. The standard InChI is InChI=1S/C27H27ClN6O3/c1-33-24-10-9-20(16-22(24)32-27(33)31-19-7-5-18(28)6-8-19)37-21-11-13-29-23(17-21)26(36)30-12-3-15-34-14-2-4-25(34)35/h5-11,13,16-17H,2-4,12,14-15H2,1H3,(H,30,36)(H,31,32). The largest absolute Gasteiger partial charge is 0.457 e. The molecule has 1 aliphatic rings. The summed E-state index contributed by atoms with van der Waals surface area (Å²) in [5, 5.41) is 6.83. The Morgan fingerprint density at radius 1 is 1.11 bits per heavy atom. The lowest BCUT2D eigenvalue weighted by Gasteiger charge is -2.15. The molecule has 2 N–H and O–H groups in total. The number of rotatable bonds is 9. The molecule has 0 bridgehead atoms. The first kappa shape index (κ1) is 24.6. The molecule has 9 nitrogen and oxygen atoms in total. The second-order valence-corrected chi connectivity index (χ2v) is 9.29. The number of pyridine rings is 1. The number of ether oxygens (including phenoxy) is 1. The van der Waals surface area contributed by atoms with Gasteiger partial charge >= 0.3 is 0 Å². The van der Waals surface area contributed by atoms with Crippen LogP contribution in [-0.2, 0) is 11.8 Å². The van der Waals surface area contributed by atoms with E-state index in [-0.39, 0.29) is 17.5 Å². The number of hydrogen-bond acceptors (Lipinski definition) is 6. The summed E-state index contributed by atoms with van der Waals surface area (Å²) in [5.41, 5.74) is 2.85. The van der Waals surface area contributed by atoms with Gasteiger partial charge in [0.25, 0.3) is 5.91 Å². The van der Waals surface area contributed by atoms with Crippen molar-refractivity contribution in [2.45, 2.75) is 19.3 Å². The van der Waals surface area contributed by atoms with Gasteiger partial charge in [-0.25, -0.2) is 4.98 Å². The molecule has 1 aliphatic heterocycles. The number of anilines is 2. The molecular weight excluding hydrogens is 492 g/mol. The molecule has 2 aromatic heterocycles. The van der Waals surface area contributed by atoms with Crippen molar-refractivity contribution in [1.82, 2.24) is 24.8 Å². The Morgan fingerprint density at radius 3 is 2.70 bits per heavy atom. The molecule has 0 unspecified atom stereocenters. The zero-order valence-corrected chi connectivity index (χ0v) is 21.2. The van der Waals surface area contributed by atoms with Gasteiger partial charge in [0.2, 0.25) is 11.9 Å². The number of nitrogens with one attached hydrogen (secondary N) is 2. The highest BCUT2D eigenvalue weighted by atomic mass is 35.5. The first-order chi connectivity index (χ1) is 18.0. The van der Waals surface area contributed by atoms with E-state index < -0.39 is 0 Å². The molecule has 37 heavy (non-hydrogen) atoms. The van der Waals surface area contributed by atoms with Crippen molar-refractivity contribution < 1.29 is 14.3 Å². The second-order valence-electron chi connectivity index (χ2n) is 8.85. The van der Waals surface area contributed by atoms with Crippen LogP contribution in [0.3, 0.4) is 0 Å². The molecule has 3 heterocycles. The zero-order valence-electron chi connectivity index (χ0n) is 20.4. The second kappa shape index (κ2) is 10.9. The molecule has 1 saturated heterocycles. The Labute approximate surface area is 219 Å². The molecule has 0 saturated carbocycles. The number of fused-ring (bicyclic) bond motifs is 1. The number of benzene rings is 2. The fourth-order valence-electron chi connectivity index (χ4n) is 4.25. The SMILES string of the molecule is Cn1c(Nc2ccc(Cl)cc2)nc2cc(Oc3ccnc(C(=O)NCCCN4CCCC4=O)c3)ccc21. The van der Waals surface area contributed by atoms with E-state index in [2.05, 4.69) is 15.6 Å². The summed E-state index contributed by atoms with van der Waals surface area (Å²) >= 11 is 5.98. The van der Waals surface area contributed by atoms with Crippen molar-refractivity contribution in [3.63, 3.8) is 0 Å². The van der Waals surface area contributed by atoms with E-state index in [1.807, 2.05) is 59.0 Å². The lowest BCUT2D eigenvalue weighted by atomic mass is 10.3. The van der Waals surface area contributed by atoms with Gasteiger partial charge in [-0.1, -0.05) is 11.6 Å². The topological polar surface area (TPSA) is 101 Å².